The van der Waals surface area contributed by atoms with Gasteiger partial charge in [0.1, 0.15) is 5.54 Å². The van der Waals surface area contributed by atoms with Crippen LogP contribution in [0.4, 0.5) is 0 Å². The van der Waals surface area contributed by atoms with Gasteiger partial charge in [0, 0.05) is 26.7 Å². The molecule has 2 unspecified atom stereocenters. The van der Waals surface area contributed by atoms with Crippen LogP contribution in [0.1, 0.15) is 40.0 Å². The van der Waals surface area contributed by atoms with E-state index in [2.05, 4.69) is 18.3 Å². The molecule has 4 heteroatoms. The standard InChI is InChI=1S/C13H26N2O2/c1-5-7-15-13(3,11-14)10-12(2)17-9-6-8-16-4/h12,15H,5-10H2,1-4H3. The summed E-state index contributed by atoms with van der Waals surface area (Å²) in [4.78, 5) is 0. The van der Waals surface area contributed by atoms with E-state index in [0.29, 0.717) is 13.0 Å². The minimum absolute atomic E-state index is 0.0841. The van der Waals surface area contributed by atoms with Gasteiger partial charge in [0.15, 0.2) is 0 Å². The monoisotopic (exact) mass is 242 g/mol. The molecule has 0 spiro atoms. The van der Waals surface area contributed by atoms with Crippen molar-refractivity contribution in [2.75, 3.05) is 26.9 Å². The lowest BCUT2D eigenvalue weighted by atomic mass is 9.96. The van der Waals surface area contributed by atoms with Crippen molar-refractivity contribution in [1.82, 2.24) is 5.32 Å². The zero-order valence-corrected chi connectivity index (χ0v) is 11.6. The lowest BCUT2D eigenvalue weighted by Crippen LogP contribution is -2.44. The highest BCUT2D eigenvalue weighted by Gasteiger charge is 2.25. The van der Waals surface area contributed by atoms with Crippen LogP contribution in [-0.4, -0.2) is 38.5 Å². The second-order valence-electron chi connectivity index (χ2n) is 4.60. The molecular weight excluding hydrogens is 216 g/mol. The number of hydrogen-bond donors (Lipinski definition) is 1. The topological polar surface area (TPSA) is 54.3 Å². The fourth-order valence-electron chi connectivity index (χ4n) is 1.68. The molecule has 17 heavy (non-hydrogen) atoms. The van der Waals surface area contributed by atoms with Crippen LogP contribution >= 0.6 is 0 Å². The molecule has 0 bridgehead atoms. The van der Waals surface area contributed by atoms with Crippen molar-refractivity contribution in [2.24, 2.45) is 0 Å². The molecule has 0 saturated carbocycles. The first-order valence-corrected chi connectivity index (χ1v) is 6.34. The van der Waals surface area contributed by atoms with Crippen molar-refractivity contribution >= 4 is 0 Å². The summed E-state index contributed by atoms with van der Waals surface area (Å²) in [5.74, 6) is 0. The zero-order valence-electron chi connectivity index (χ0n) is 11.6. The lowest BCUT2D eigenvalue weighted by molar-refractivity contribution is 0.0352. The average molecular weight is 242 g/mol. The number of ether oxygens (including phenoxy) is 2. The second-order valence-corrected chi connectivity index (χ2v) is 4.60. The maximum atomic E-state index is 9.18. The molecule has 1 N–H and O–H groups in total. The van der Waals surface area contributed by atoms with E-state index < -0.39 is 5.54 Å². The van der Waals surface area contributed by atoms with Crippen LogP contribution < -0.4 is 5.32 Å². The molecular formula is C13H26N2O2. The van der Waals surface area contributed by atoms with Gasteiger partial charge in [-0.05, 0) is 33.2 Å². The molecule has 0 aliphatic carbocycles. The van der Waals surface area contributed by atoms with Crippen molar-refractivity contribution in [3.8, 4) is 6.07 Å². The van der Waals surface area contributed by atoms with Gasteiger partial charge in [0.25, 0.3) is 0 Å². The van der Waals surface area contributed by atoms with Gasteiger partial charge in [-0.1, -0.05) is 6.92 Å². The maximum Gasteiger partial charge on any atom is 0.106 e. The summed E-state index contributed by atoms with van der Waals surface area (Å²) in [5.41, 5.74) is -0.489. The normalized spacial score (nSPS) is 16.2. The van der Waals surface area contributed by atoms with Gasteiger partial charge >= 0.3 is 0 Å². The van der Waals surface area contributed by atoms with Gasteiger partial charge in [-0.2, -0.15) is 5.26 Å². The number of methoxy groups -OCH3 is 1. The van der Waals surface area contributed by atoms with Crippen LogP contribution in [0.15, 0.2) is 0 Å². The van der Waals surface area contributed by atoms with Crippen LogP contribution in [0.25, 0.3) is 0 Å². The fraction of sp³-hybridized carbons (Fsp3) is 0.923. The van der Waals surface area contributed by atoms with Gasteiger partial charge in [0.2, 0.25) is 0 Å². The summed E-state index contributed by atoms with van der Waals surface area (Å²) < 4.78 is 10.6. The predicted molar refractivity (Wildman–Crippen MR) is 68.8 cm³/mol. The number of nitrogens with zero attached hydrogens (tertiary/aromatic N) is 1. The van der Waals surface area contributed by atoms with E-state index in [9.17, 15) is 5.26 Å². The zero-order chi connectivity index (χ0) is 13.1. The molecule has 100 valence electrons. The van der Waals surface area contributed by atoms with Crippen LogP contribution in [-0.2, 0) is 9.47 Å². The molecule has 0 amide bonds. The van der Waals surface area contributed by atoms with E-state index >= 15 is 0 Å². The van der Waals surface area contributed by atoms with Crippen LogP contribution in [0.2, 0.25) is 0 Å². The number of rotatable bonds is 10. The Kier molecular flexibility index (Phi) is 9.06. The Morgan fingerprint density at radius 1 is 1.41 bits per heavy atom. The molecule has 4 nitrogen and oxygen atoms in total. The number of nitriles is 1. The van der Waals surface area contributed by atoms with Crippen LogP contribution in [0.3, 0.4) is 0 Å². The summed E-state index contributed by atoms with van der Waals surface area (Å²) >= 11 is 0. The van der Waals surface area contributed by atoms with Gasteiger partial charge in [0.05, 0.1) is 12.2 Å². The lowest BCUT2D eigenvalue weighted by Gasteiger charge is -2.26. The van der Waals surface area contributed by atoms with E-state index in [1.807, 2.05) is 13.8 Å². The third-order valence-corrected chi connectivity index (χ3v) is 2.60. The highest BCUT2D eigenvalue weighted by Crippen LogP contribution is 2.14. The maximum absolute atomic E-state index is 9.18. The first-order valence-electron chi connectivity index (χ1n) is 6.34. The Labute approximate surface area is 105 Å². The quantitative estimate of drug-likeness (QED) is 0.596. The number of nitrogens with one attached hydrogen (secondary N) is 1. The van der Waals surface area contributed by atoms with Crippen molar-refractivity contribution < 1.29 is 9.47 Å². The van der Waals surface area contributed by atoms with Gasteiger partial charge in [-0.25, -0.2) is 0 Å². The summed E-state index contributed by atoms with van der Waals surface area (Å²) in [5, 5.41) is 12.4. The summed E-state index contributed by atoms with van der Waals surface area (Å²) in [7, 11) is 1.69. The van der Waals surface area contributed by atoms with Crippen molar-refractivity contribution in [3.63, 3.8) is 0 Å². The van der Waals surface area contributed by atoms with Crippen molar-refractivity contribution in [1.29, 1.82) is 5.26 Å². The van der Waals surface area contributed by atoms with Gasteiger partial charge in [-0.3, -0.25) is 5.32 Å². The Morgan fingerprint density at radius 2 is 2.12 bits per heavy atom. The van der Waals surface area contributed by atoms with E-state index in [1.165, 1.54) is 0 Å². The molecule has 2 atom stereocenters. The second kappa shape index (κ2) is 9.41. The highest BCUT2D eigenvalue weighted by atomic mass is 16.5. The summed E-state index contributed by atoms with van der Waals surface area (Å²) in [6.07, 6.45) is 2.71. The Morgan fingerprint density at radius 3 is 2.65 bits per heavy atom. The largest absolute Gasteiger partial charge is 0.385 e. The molecule has 0 aliphatic rings. The first kappa shape index (κ1) is 16.4. The van der Waals surface area contributed by atoms with E-state index in [4.69, 9.17) is 9.47 Å². The van der Waals surface area contributed by atoms with Crippen LogP contribution in [0, 0.1) is 11.3 Å². The summed E-state index contributed by atoms with van der Waals surface area (Å²) in [6, 6.07) is 2.33. The molecule has 0 aromatic carbocycles. The molecule has 0 aliphatic heterocycles. The fourth-order valence-corrected chi connectivity index (χ4v) is 1.68. The van der Waals surface area contributed by atoms with Crippen molar-refractivity contribution in [3.05, 3.63) is 0 Å². The molecule has 0 rings (SSSR count). The average Bonchev–Trinajstić information content (AvgIpc) is 2.32. The first-order chi connectivity index (χ1) is 8.08. The third kappa shape index (κ3) is 8.14. The minimum Gasteiger partial charge on any atom is -0.385 e. The third-order valence-electron chi connectivity index (χ3n) is 2.60. The smallest absolute Gasteiger partial charge is 0.106 e. The number of hydrogen-bond acceptors (Lipinski definition) is 4. The Balaban J connectivity index is 3.89. The Bertz CT molecular complexity index is 228. The van der Waals surface area contributed by atoms with Gasteiger partial charge < -0.3 is 9.47 Å². The minimum atomic E-state index is -0.489. The van der Waals surface area contributed by atoms with Crippen LogP contribution in [0.5, 0.6) is 0 Å². The van der Waals surface area contributed by atoms with E-state index in [0.717, 1.165) is 26.0 Å². The molecule has 0 radical (unpaired) electrons. The highest BCUT2D eigenvalue weighted by molar-refractivity contribution is 5.04. The molecule has 0 aromatic heterocycles. The predicted octanol–water partition coefficient (Wildman–Crippen LogP) is 2.10. The van der Waals surface area contributed by atoms with Crippen molar-refractivity contribution in [2.45, 2.75) is 51.7 Å². The molecule has 0 saturated heterocycles. The molecule has 0 aromatic rings. The summed E-state index contributed by atoms with van der Waals surface area (Å²) in [6.45, 7) is 8.30. The molecule has 0 heterocycles. The molecule has 0 fully saturated rings. The van der Waals surface area contributed by atoms with E-state index in [-0.39, 0.29) is 6.10 Å². The Hall–Kier alpha value is -0.630. The van der Waals surface area contributed by atoms with Gasteiger partial charge in [-0.15, -0.1) is 0 Å². The van der Waals surface area contributed by atoms with E-state index in [1.54, 1.807) is 7.11 Å². The SMILES string of the molecule is CCCNC(C)(C#N)CC(C)OCCCOC.